The molecule has 0 spiro atoms. The van der Waals surface area contributed by atoms with E-state index in [-0.39, 0.29) is 5.82 Å². The molecule has 16 heavy (non-hydrogen) atoms. The van der Waals surface area contributed by atoms with Gasteiger partial charge in [-0.1, -0.05) is 12.1 Å². The third-order valence-corrected chi connectivity index (χ3v) is 3.09. The van der Waals surface area contributed by atoms with E-state index >= 15 is 0 Å². The molecule has 4 heteroatoms. The molecule has 80 valence electrons. The van der Waals surface area contributed by atoms with Crippen molar-refractivity contribution in [3.63, 3.8) is 0 Å². The van der Waals surface area contributed by atoms with Crippen molar-refractivity contribution in [2.24, 2.45) is 0 Å². The second-order valence-corrected chi connectivity index (χ2v) is 4.36. The molecule has 0 aliphatic heterocycles. The van der Waals surface area contributed by atoms with Gasteiger partial charge >= 0.3 is 0 Å². The summed E-state index contributed by atoms with van der Waals surface area (Å²) < 4.78 is 13.5. The van der Waals surface area contributed by atoms with Crippen LogP contribution in [0.4, 0.5) is 4.39 Å². The molecule has 1 aromatic heterocycles. The van der Waals surface area contributed by atoms with Crippen LogP contribution in [0.3, 0.4) is 0 Å². The fourth-order valence-corrected chi connectivity index (χ4v) is 2.33. The number of thioether (sulfide) groups is 1. The predicted octanol–water partition coefficient (Wildman–Crippen LogP) is 3.30. The zero-order valence-corrected chi connectivity index (χ0v) is 9.51. The first-order valence-electron chi connectivity index (χ1n) is 4.78. The average molecular weight is 232 g/mol. The van der Waals surface area contributed by atoms with Crippen LogP contribution in [-0.4, -0.2) is 10.7 Å². The van der Waals surface area contributed by atoms with Gasteiger partial charge in [-0.05, 0) is 19.1 Å². The van der Waals surface area contributed by atoms with E-state index in [0.717, 1.165) is 16.0 Å². The van der Waals surface area contributed by atoms with Crippen molar-refractivity contribution in [3.8, 4) is 6.07 Å². The molecule has 0 amide bonds. The molecule has 0 fully saturated rings. The summed E-state index contributed by atoms with van der Waals surface area (Å²) in [5.74, 6) is 0.0368. The van der Waals surface area contributed by atoms with Crippen LogP contribution in [0.2, 0.25) is 0 Å². The highest BCUT2D eigenvalue weighted by Gasteiger charge is 2.07. The smallest absolute Gasteiger partial charge is 0.149 e. The van der Waals surface area contributed by atoms with E-state index in [0.29, 0.717) is 11.3 Å². The lowest BCUT2D eigenvalue weighted by Gasteiger charge is -2.06. The molecule has 1 heterocycles. The van der Waals surface area contributed by atoms with Crippen molar-refractivity contribution in [3.05, 3.63) is 35.8 Å². The Labute approximate surface area is 97.1 Å². The van der Waals surface area contributed by atoms with Crippen molar-refractivity contribution >= 4 is 22.7 Å². The molecule has 0 saturated carbocycles. The summed E-state index contributed by atoms with van der Waals surface area (Å²) in [6, 6.07) is 8.82. The number of halogens is 1. The molecule has 0 saturated heterocycles. The number of rotatable bonds is 2. The molecule has 2 rings (SSSR count). The Bertz CT molecular complexity index is 575. The summed E-state index contributed by atoms with van der Waals surface area (Å²) in [5, 5.41) is 9.33. The fourth-order valence-electron chi connectivity index (χ4n) is 1.53. The van der Waals surface area contributed by atoms with Crippen molar-refractivity contribution in [2.75, 3.05) is 5.75 Å². The number of fused-ring (bicyclic) bond motifs is 1. The van der Waals surface area contributed by atoms with Gasteiger partial charge in [0.05, 0.1) is 11.8 Å². The first-order valence-corrected chi connectivity index (χ1v) is 5.76. The van der Waals surface area contributed by atoms with Gasteiger partial charge in [-0.2, -0.15) is 5.26 Å². The van der Waals surface area contributed by atoms with Crippen LogP contribution in [0.25, 0.3) is 10.9 Å². The zero-order valence-electron chi connectivity index (χ0n) is 8.70. The van der Waals surface area contributed by atoms with Gasteiger partial charge < -0.3 is 0 Å². The monoisotopic (exact) mass is 232 g/mol. The highest BCUT2D eigenvalue weighted by molar-refractivity contribution is 7.99. The maximum Gasteiger partial charge on any atom is 0.149 e. The number of hydrogen-bond donors (Lipinski definition) is 0. The van der Waals surface area contributed by atoms with E-state index in [9.17, 15) is 4.39 Å². The number of hydrogen-bond acceptors (Lipinski definition) is 3. The Morgan fingerprint density at radius 1 is 1.50 bits per heavy atom. The molecule has 0 radical (unpaired) electrons. The molecule has 2 aromatic rings. The van der Waals surface area contributed by atoms with Gasteiger partial charge in [0.2, 0.25) is 0 Å². The Morgan fingerprint density at radius 2 is 2.31 bits per heavy atom. The van der Waals surface area contributed by atoms with E-state index in [2.05, 4.69) is 11.1 Å². The average Bonchev–Trinajstić information content (AvgIpc) is 2.27. The number of aryl methyl sites for hydroxylation is 1. The van der Waals surface area contributed by atoms with Crippen LogP contribution < -0.4 is 0 Å². The van der Waals surface area contributed by atoms with Crippen LogP contribution in [0, 0.1) is 24.1 Å². The summed E-state index contributed by atoms with van der Waals surface area (Å²) >= 11 is 1.40. The van der Waals surface area contributed by atoms with Crippen LogP contribution in [0.5, 0.6) is 0 Å². The number of aromatic nitrogens is 1. The highest BCUT2D eigenvalue weighted by Crippen LogP contribution is 2.28. The summed E-state index contributed by atoms with van der Waals surface area (Å²) in [4.78, 5) is 5.08. The van der Waals surface area contributed by atoms with Gasteiger partial charge in [-0.25, -0.2) is 9.37 Å². The van der Waals surface area contributed by atoms with E-state index in [1.807, 2.05) is 19.1 Å². The largest absolute Gasteiger partial charge is 0.250 e. The lowest BCUT2D eigenvalue weighted by Crippen LogP contribution is -1.90. The zero-order chi connectivity index (χ0) is 11.5. The molecular weight excluding hydrogens is 223 g/mol. The highest BCUT2D eigenvalue weighted by atomic mass is 32.2. The lowest BCUT2D eigenvalue weighted by molar-refractivity contribution is 0.636. The molecule has 2 nitrogen and oxygen atoms in total. The lowest BCUT2D eigenvalue weighted by atomic mass is 10.2. The molecule has 0 N–H and O–H groups in total. The Morgan fingerprint density at radius 3 is 3.06 bits per heavy atom. The number of pyridine rings is 1. The van der Waals surface area contributed by atoms with Gasteiger partial charge in [0.25, 0.3) is 0 Å². The van der Waals surface area contributed by atoms with Crippen molar-refractivity contribution < 1.29 is 4.39 Å². The van der Waals surface area contributed by atoms with Gasteiger partial charge in [0.1, 0.15) is 11.3 Å². The van der Waals surface area contributed by atoms with Crippen LogP contribution in [0.15, 0.2) is 29.2 Å². The SMILES string of the molecule is Cc1cc(SCC#N)c2cccc(F)c2n1. The van der Waals surface area contributed by atoms with Crippen molar-refractivity contribution in [1.29, 1.82) is 5.26 Å². The summed E-state index contributed by atoms with van der Waals surface area (Å²) in [6.45, 7) is 1.82. The predicted molar refractivity (Wildman–Crippen MR) is 62.8 cm³/mol. The third kappa shape index (κ3) is 2.00. The van der Waals surface area contributed by atoms with Gasteiger partial charge in [-0.15, -0.1) is 11.8 Å². The minimum absolute atomic E-state index is 0.319. The molecule has 0 aliphatic rings. The van der Waals surface area contributed by atoms with Gasteiger partial charge in [-0.3, -0.25) is 0 Å². The third-order valence-electron chi connectivity index (χ3n) is 2.17. The molecule has 1 aromatic carbocycles. The van der Waals surface area contributed by atoms with E-state index in [1.54, 1.807) is 6.07 Å². The number of nitriles is 1. The van der Waals surface area contributed by atoms with E-state index < -0.39 is 0 Å². The summed E-state index contributed by atoms with van der Waals surface area (Å²) in [5.41, 5.74) is 1.14. The number of para-hydroxylation sites is 1. The first kappa shape index (κ1) is 10.9. The maximum atomic E-state index is 13.5. The van der Waals surface area contributed by atoms with E-state index in [4.69, 9.17) is 5.26 Å². The molecule has 0 atom stereocenters. The van der Waals surface area contributed by atoms with Gasteiger partial charge in [0.15, 0.2) is 0 Å². The Kier molecular flexibility index (Phi) is 3.07. The first-order chi connectivity index (χ1) is 7.72. The minimum atomic E-state index is -0.319. The normalized spacial score (nSPS) is 10.3. The van der Waals surface area contributed by atoms with Crippen molar-refractivity contribution in [2.45, 2.75) is 11.8 Å². The molecular formula is C12H9FN2S. The van der Waals surface area contributed by atoms with E-state index in [1.165, 1.54) is 17.8 Å². The summed E-state index contributed by atoms with van der Waals surface area (Å²) in [6.07, 6.45) is 0. The Hall–Kier alpha value is -1.60. The maximum absolute atomic E-state index is 13.5. The van der Waals surface area contributed by atoms with Gasteiger partial charge in [0, 0.05) is 16.0 Å². The molecule has 0 unspecified atom stereocenters. The molecule has 0 bridgehead atoms. The standard InChI is InChI=1S/C12H9FN2S/c1-8-7-11(16-6-5-14)9-3-2-4-10(13)12(9)15-8/h2-4,7H,6H2,1H3. The van der Waals surface area contributed by atoms with Crippen LogP contribution >= 0.6 is 11.8 Å². The molecule has 0 aliphatic carbocycles. The second kappa shape index (κ2) is 4.50. The van der Waals surface area contributed by atoms with Crippen LogP contribution in [-0.2, 0) is 0 Å². The number of benzene rings is 1. The van der Waals surface area contributed by atoms with Crippen LogP contribution in [0.1, 0.15) is 5.69 Å². The summed E-state index contributed by atoms with van der Waals surface area (Å²) in [7, 11) is 0. The Balaban J connectivity index is 2.64. The number of nitrogens with zero attached hydrogens (tertiary/aromatic N) is 2. The fraction of sp³-hybridized carbons (Fsp3) is 0.167. The minimum Gasteiger partial charge on any atom is -0.250 e. The second-order valence-electron chi connectivity index (χ2n) is 3.34. The van der Waals surface area contributed by atoms with Crippen molar-refractivity contribution in [1.82, 2.24) is 4.98 Å². The topological polar surface area (TPSA) is 36.7 Å². The quantitative estimate of drug-likeness (QED) is 0.745.